The van der Waals surface area contributed by atoms with E-state index >= 15 is 0 Å². The summed E-state index contributed by atoms with van der Waals surface area (Å²) in [5.41, 5.74) is 1.80. The molecule has 82 valence electrons. The Kier molecular flexibility index (Phi) is 2.34. The predicted octanol–water partition coefficient (Wildman–Crippen LogP) is 1.93. The van der Waals surface area contributed by atoms with Crippen LogP contribution in [0.15, 0.2) is 49.1 Å². The number of H-pyrrole nitrogens is 1. The van der Waals surface area contributed by atoms with Crippen LogP contribution < -0.4 is 0 Å². The van der Waals surface area contributed by atoms with Crippen molar-refractivity contribution in [1.82, 2.24) is 25.1 Å². The van der Waals surface area contributed by atoms with Crippen LogP contribution in [-0.2, 0) is 0 Å². The maximum absolute atomic E-state index is 4.40. The van der Waals surface area contributed by atoms with Crippen LogP contribution in [0.4, 0.5) is 0 Å². The maximum Gasteiger partial charge on any atom is 0.184 e. The molecule has 3 aromatic rings. The van der Waals surface area contributed by atoms with Crippen molar-refractivity contribution >= 4 is 0 Å². The van der Waals surface area contributed by atoms with Gasteiger partial charge in [-0.05, 0) is 0 Å². The third-order valence-electron chi connectivity index (χ3n) is 2.35. The van der Waals surface area contributed by atoms with E-state index in [1.807, 2.05) is 30.3 Å². The van der Waals surface area contributed by atoms with Crippen molar-refractivity contribution in [2.45, 2.75) is 0 Å². The fraction of sp³-hybridized carbons (Fsp3) is 0. The second-order valence-electron chi connectivity index (χ2n) is 3.50. The maximum atomic E-state index is 4.40. The molecule has 0 amide bonds. The zero-order chi connectivity index (χ0) is 11.5. The first-order valence-corrected chi connectivity index (χ1v) is 5.17. The van der Waals surface area contributed by atoms with Crippen LogP contribution in [0.1, 0.15) is 0 Å². The summed E-state index contributed by atoms with van der Waals surface area (Å²) in [5, 5.41) is 7.05. The van der Waals surface area contributed by atoms with E-state index in [0.717, 1.165) is 17.0 Å². The minimum Gasteiger partial charge on any atom is -0.259 e. The van der Waals surface area contributed by atoms with Gasteiger partial charge >= 0.3 is 0 Å². The molecule has 0 bridgehead atoms. The lowest BCUT2D eigenvalue weighted by Crippen LogP contribution is -1.84. The van der Waals surface area contributed by atoms with Gasteiger partial charge in [0, 0.05) is 18.0 Å². The van der Waals surface area contributed by atoms with Crippen LogP contribution in [0.3, 0.4) is 0 Å². The molecular weight excluding hydrogens is 214 g/mol. The van der Waals surface area contributed by atoms with Crippen LogP contribution in [0.5, 0.6) is 0 Å². The lowest BCUT2D eigenvalue weighted by molar-refractivity contribution is 1.09. The highest BCUT2D eigenvalue weighted by Crippen LogP contribution is 2.17. The van der Waals surface area contributed by atoms with Crippen molar-refractivity contribution in [2.75, 3.05) is 0 Å². The van der Waals surface area contributed by atoms with E-state index in [2.05, 4.69) is 25.1 Å². The molecule has 0 spiro atoms. The zero-order valence-electron chi connectivity index (χ0n) is 8.91. The van der Waals surface area contributed by atoms with Crippen molar-refractivity contribution in [3.8, 4) is 22.8 Å². The number of nitrogens with zero attached hydrogens (tertiary/aromatic N) is 4. The van der Waals surface area contributed by atoms with E-state index in [0.29, 0.717) is 5.82 Å². The Morgan fingerprint density at radius 1 is 0.882 bits per heavy atom. The van der Waals surface area contributed by atoms with E-state index in [9.17, 15) is 0 Å². The summed E-state index contributed by atoms with van der Waals surface area (Å²) in [6.45, 7) is 0. The number of benzene rings is 1. The third kappa shape index (κ3) is 1.90. The highest BCUT2D eigenvalue weighted by molar-refractivity contribution is 5.59. The largest absolute Gasteiger partial charge is 0.259 e. The smallest absolute Gasteiger partial charge is 0.184 e. The zero-order valence-corrected chi connectivity index (χ0v) is 8.91. The topological polar surface area (TPSA) is 67.3 Å². The lowest BCUT2D eigenvalue weighted by Gasteiger charge is -1.93. The van der Waals surface area contributed by atoms with Gasteiger partial charge in [0.15, 0.2) is 11.6 Å². The quantitative estimate of drug-likeness (QED) is 0.720. The fourth-order valence-corrected chi connectivity index (χ4v) is 1.53. The van der Waals surface area contributed by atoms with Crippen molar-refractivity contribution in [3.63, 3.8) is 0 Å². The van der Waals surface area contributed by atoms with E-state index in [4.69, 9.17) is 0 Å². The standard InChI is InChI=1S/C12H9N5/c1-2-4-9(5-3-1)11-15-12(17-16-11)10-6-13-8-14-7-10/h1-8H,(H,15,16,17). The van der Waals surface area contributed by atoms with Gasteiger partial charge < -0.3 is 0 Å². The Morgan fingerprint density at radius 2 is 1.65 bits per heavy atom. The van der Waals surface area contributed by atoms with Crippen molar-refractivity contribution < 1.29 is 0 Å². The molecule has 0 atom stereocenters. The summed E-state index contributed by atoms with van der Waals surface area (Å²) in [6.07, 6.45) is 4.85. The summed E-state index contributed by atoms with van der Waals surface area (Å²) in [5.74, 6) is 1.34. The molecule has 0 aliphatic heterocycles. The Morgan fingerprint density at radius 3 is 2.41 bits per heavy atom. The first-order valence-electron chi connectivity index (χ1n) is 5.17. The molecule has 0 unspecified atom stereocenters. The minimum absolute atomic E-state index is 0.601. The summed E-state index contributed by atoms with van der Waals surface area (Å²) in [4.78, 5) is 12.3. The van der Waals surface area contributed by atoms with Gasteiger partial charge in [0.25, 0.3) is 0 Å². The van der Waals surface area contributed by atoms with Crippen LogP contribution in [0, 0.1) is 0 Å². The fourth-order valence-electron chi connectivity index (χ4n) is 1.53. The Labute approximate surface area is 97.6 Å². The van der Waals surface area contributed by atoms with E-state index in [-0.39, 0.29) is 0 Å². The molecule has 17 heavy (non-hydrogen) atoms. The number of hydrogen-bond acceptors (Lipinski definition) is 4. The molecule has 1 N–H and O–H groups in total. The first kappa shape index (κ1) is 9.65. The molecule has 1 aromatic carbocycles. The highest BCUT2D eigenvalue weighted by atomic mass is 15.2. The van der Waals surface area contributed by atoms with Crippen LogP contribution >= 0.6 is 0 Å². The Balaban J connectivity index is 1.99. The van der Waals surface area contributed by atoms with Gasteiger partial charge in [-0.1, -0.05) is 30.3 Å². The van der Waals surface area contributed by atoms with E-state index in [1.165, 1.54) is 6.33 Å². The van der Waals surface area contributed by atoms with Gasteiger partial charge in [0.2, 0.25) is 0 Å². The van der Waals surface area contributed by atoms with Crippen LogP contribution in [-0.4, -0.2) is 25.1 Å². The number of nitrogens with one attached hydrogen (secondary N) is 1. The van der Waals surface area contributed by atoms with Gasteiger partial charge in [-0.3, -0.25) is 5.10 Å². The van der Waals surface area contributed by atoms with E-state index < -0.39 is 0 Å². The molecule has 0 aliphatic rings. The summed E-state index contributed by atoms with van der Waals surface area (Å²) in [7, 11) is 0. The number of aromatic nitrogens is 5. The van der Waals surface area contributed by atoms with Crippen molar-refractivity contribution in [3.05, 3.63) is 49.1 Å². The van der Waals surface area contributed by atoms with Gasteiger partial charge in [0.05, 0.1) is 5.56 Å². The summed E-state index contributed by atoms with van der Waals surface area (Å²) >= 11 is 0. The van der Waals surface area contributed by atoms with Gasteiger partial charge in [-0.2, -0.15) is 5.10 Å². The predicted molar refractivity (Wildman–Crippen MR) is 62.8 cm³/mol. The number of aromatic amines is 1. The summed E-state index contributed by atoms with van der Waals surface area (Å²) in [6, 6.07) is 9.84. The molecule has 0 radical (unpaired) electrons. The van der Waals surface area contributed by atoms with E-state index in [1.54, 1.807) is 12.4 Å². The summed E-state index contributed by atoms with van der Waals surface area (Å²) < 4.78 is 0. The third-order valence-corrected chi connectivity index (χ3v) is 2.35. The van der Waals surface area contributed by atoms with Gasteiger partial charge in [-0.25, -0.2) is 15.0 Å². The van der Waals surface area contributed by atoms with Crippen molar-refractivity contribution in [1.29, 1.82) is 0 Å². The Hall–Kier alpha value is -2.56. The van der Waals surface area contributed by atoms with Crippen LogP contribution in [0.2, 0.25) is 0 Å². The average molecular weight is 223 g/mol. The first-order chi connectivity index (χ1) is 8.43. The van der Waals surface area contributed by atoms with Gasteiger partial charge in [-0.15, -0.1) is 0 Å². The molecule has 2 aromatic heterocycles. The molecule has 5 nitrogen and oxygen atoms in total. The SMILES string of the molecule is c1ccc(-c2nc(-c3cncnc3)n[nH]2)cc1. The normalized spacial score (nSPS) is 10.4. The molecule has 5 heteroatoms. The minimum atomic E-state index is 0.601. The van der Waals surface area contributed by atoms with Crippen LogP contribution in [0.25, 0.3) is 22.8 Å². The molecule has 3 rings (SSSR count). The van der Waals surface area contributed by atoms with Gasteiger partial charge in [0.1, 0.15) is 6.33 Å². The second-order valence-corrected chi connectivity index (χ2v) is 3.50. The lowest BCUT2D eigenvalue weighted by atomic mass is 10.2. The Bertz CT molecular complexity index is 549. The molecule has 2 heterocycles. The monoisotopic (exact) mass is 223 g/mol. The van der Waals surface area contributed by atoms with Crippen molar-refractivity contribution in [2.24, 2.45) is 0 Å². The molecular formula is C12H9N5. The second kappa shape index (κ2) is 4.13. The molecule has 0 saturated carbocycles. The average Bonchev–Trinajstić information content (AvgIpc) is 2.90. The molecule has 0 fully saturated rings. The number of rotatable bonds is 2. The molecule has 0 saturated heterocycles. The number of hydrogen-bond donors (Lipinski definition) is 1. The highest BCUT2D eigenvalue weighted by Gasteiger charge is 2.07. The molecule has 0 aliphatic carbocycles.